The molecular formula is C33H37N3O5S. The second-order valence-corrected chi connectivity index (χ2v) is 13.0. The van der Waals surface area contributed by atoms with Gasteiger partial charge in [0.1, 0.15) is 11.8 Å². The second-order valence-electron chi connectivity index (χ2n) is 11.5. The number of rotatable bonds is 7. The normalized spacial score (nSPS) is 29.4. The Morgan fingerprint density at radius 1 is 0.976 bits per heavy atom. The molecule has 0 radical (unpaired) electrons. The number of hydrogen-bond donors (Lipinski definition) is 1. The van der Waals surface area contributed by atoms with Crippen LogP contribution in [0.4, 0.5) is 5.69 Å². The highest BCUT2D eigenvalue weighted by atomic mass is 32.2. The topological polar surface area (TPSA) is 90.4 Å². The Morgan fingerprint density at radius 3 is 2.38 bits per heavy atom. The van der Waals surface area contributed by atoms with Crippen molar-refractivity contribution >= 4 is 35.2 Å². The monoisotopic (exact) mass is 587 g/mol. The Labute approximate surface area is 251 Å². The van der Waals surface area contributed by atoms with Crippen LogP contribution in [-0.2, 0) is 14.4 Å². The quantitative estimate of drug-likeness (QED) is 0.496. The molecule has 3 amide bonds. The van der Waals surface area contributed by atoms with Gasteiger partial charge in [0.25, 0.3) is 0 Å². The van der Waals surface area contributed by atoms with Crippen LogP contribution < -0.4 is 9.64 Å². The molecule has 1 N–H and O–H groups in total. The molecule has 0 aliphatic carbocycles. The van der Waals surface area contributed by atoms with Crippen molar-refractivity contribution in [3.63, 3.8) is 0 Å². The number of ether oxygens (including phenoxy) is 1. The van der Waals surface area contributed by atoms with Gasteiger partial charge in [-0.25, -0.2) is 0 Å². The molecule has 1 unspecified atom stereocenters. The van der Waals surface area contributed by atoms with Crippen molar-refractivity contribution in [3.8, 4) is 5.75 Å². The number of anilines is 1. The lowest BCUT2D eigenvalue weighted by Crippen LogP contribution is -2.55. The number of nitrogens with zero attached hydrogens (tertiary/aromatic N) is 3. The maximum atomic E-state index is 14.7. The van der Waals surface area contributed by atoms with Crippen molar-refractivity contribution in [1.82, 2.24) is 9.80 Å². The molecular weight excluding hydrogens is 550 g/mol. The summed E-state index contributed by atoms with van der Waals surface area (Å²) in [7, 11) is 0. The van der Waals surface area contributed by atoms with E-state index in [4.69, 9.17) is 4.74 Å². The highest BCUT2D eigenvalue weighted by Crippen LogP contribution is 2.62. The van der Waals surface area contributed by atoms with E-state index in [1.807, 2.05) is 99.7 Å². The van der Waals surface area contributed by atoms with Crippen LogP contribution in [0.2, 0.25) is 0 Å². The minimum absolute atomic E-state index is 0.0776. The van der Waals surface area contributed by atoms with E-state index in [0.717, 1.165) is 17.0 Å². The summed E-state index contributed by atoms with van der Waals surface area (Å²) >= 11 is 1.55. The molecule has 4 aliphatic rings. The van der Waals surface area contributed by atoms with Gasteiger partial charge in [-0.2, -0.15) is 0 Å². The number of likely N-dealkylation sites (tertiary alicyclic amines) is 1. The van der Waals surface area contributed by atoms with Gasteiger partial charge in [-0.05, 0) is 50.6 Å². The zero-order valence-corrected chi connectivity index (χ0v) is 24.9. The van der Waals surface area contributed by atoms with Crippen LogP contribution in [0.25, 0.3) is 0 Å². The van der Waals surface area contributed by atoms with Crippen LogP contribution in [0.5, 0.6) is 5.75 Å². The molecule has 2 fully saturated rings. The van der Waals surface area contributed by atoms with Gasteiger partial charge in [0, 0.05) is 30.1 Å². The number of benzene rings is 2. The molecule has 42 heavy (non-hydrogen) atoms. The predicted octanol–water partition coefficient (Wildman–Crippen LogP) is 3.83. The molecule has 220 valence electrons. The molecule has 6 rings (SSSR count). The molecule has 2 aromatic carbocycles. The smallest absolute Gasteiger partial charge is 0.247 e. The molecule has 1 spiro atoms. The number of aliphatic hydroxyl groups excluding tert-OH is 1. The first kappa shape index (κ1) is 28.6. The summed E-state index contributed by atoms with van der Waals surface area (Å²) in [5.74, 6) is -1.25. The standard InChI is InChI=1S/C33H37N3O5S/c1-4-41-24-15-13-23(14-16-24)35-18-8-12-26-27(30(35)38)28-31(39)36(25(20-37)22-10-6-5-7-11-22)29-32(40)34(21(2)3)19-9-17-33(28,29)42-26/h5-17,21,25-29,37H,4,18-20H2,1-3H3/t25-,26+,27-,28+,29?,33+/m1/s1. The lowest BCUT2D eigenvalue weighted by atomic mass is 9.78. The van der Waals surface area contributed by atoms with Gasteiger partial charge in [-0.15, -0.1) is 11.8 Å². The SMILES string of the molecule is CCOc1ccc(N2CC=C[C@@H]3S[C@]45C=CCN(C(C)C)C(=O)C4N([C@H](CO)c4ccccc4)C(=O)[C@@H]5[C@@H]3C2=O)cc1. The van der Waals surface area contributed by atoms with E-state index < -0.39 is 28.7 Å². The van der Waals surface area contributed by atoms with Crippen molar-refractivity contribution in [1.29, 1.82) is 0 Å². The molecule has 4 heterocycles. The third-order valence-electron chi connectivity index (χ3n) is 8.90. The summed E-state index contributed by atoms with van der Waals surface area (Å²) in [6.45, 7) is 6.89. The lowest BCUT2D eigenvalue weighted by molar-refractivity contribution is -0.146. The highest BCUT2D eigenvalue weighted by Gasteiger charge is 2.72. The number of hydrogen-bond acceptors (Lipinski definition) is 6. The van der Waals surface area contributed by atoms with Gasteiger partial charge in [-0.3, -0.25) is 14.4 Å². The van der Waals surface area contributed by atoms with Crippen molar-refractivity contribution in [2.24, 2.45) is 11.8 Å². The largest absolute Gasteiger partial charge is 0.494 e. The fraction of sp³-hybridized carbons (Fsp3) is 0.424. The Kier molecular flexibility index (Phi) is 7.66. The van der Waals surface area contributed by atoms with E-state index in [0.29, 0.717) is 19.7 Å². The van der Waals surface area contributed by atoms with E-state index in [2.05, 4.69) is 0 Å². The third-order valence-corrected chi connectivity index (χ3v) is 10.6. The zero-order chi connectivity index (χ0) is 29.6. The molecule has 6 atom stereocenters. The Morgan fingerprint density at radius 2 is 1.71 bits per heavy atom. The maximum Gasteiger partial charge on any atom is 0.247 e. The number of fused-ring (bicyclic) bond motifs is 2. The molecule has 8 nitrogen and oxygen atoms in total. The van der Waals surface area contributed by atoms with Crippen LogP contribution >= 0.6 is 11.8 Å². The Bertz CT molecular complexity index is 1410. The van der Waals surface area contributed by atoms with Crippen LogP contribution in [0.1, 0.15) is 32.4 Å². The molecule has 0 bridgehead atoms. The first-order valence-electron chi connectivity index (χ1n) is 14.7. The number of thioether (sulfide) groups is 1. The van der Waals surface area contributed by atoms with E-state index in [1.54, 1.807) is 26.5 Å². The minimum atomic E-state index is -0.947. The molecule has 0 aromatic heterocycles. The molecule has 9 heteroatoms. The van der Waals surface area contributed by atoms with E-state index >= 15 is 0 Å². The summed E-state index contributed by atoms with van der Waals surface area (Å²) in [6, 6.07) is 15.1. The number of carbonyl (C=O) groups is 3. The summed E-state index contributed by atoms with van der Waals surface area (Å²) in [5.41, 5.74) is 1.49. The van der Waals surface area contributed by atoms with Gasteiger partial charge < -0.3 is 24.5 Å². The first-order chi connectivity index (χ1) is 20.3. The number of carbonyl (C=O) groups excluding carboxylic acids is 3. The third kappa shape index (κ3) is 4.45. The van der Waals surface area contributed by atoms with Crippen molar-refractivity contribution < 1.29 is 24.2 Å². The maximum absolute atomic E-state index is 14.7. The van der Waals surface area contributed by atoms with Crippen LogP contribution in [0, 0.1) is 11.8 Å². The minimum Gasteiger partial charge on any atom is -0.494 e. The fourth-order valence-corrected chi connectivity index (χ4v) is 9.04. The summed E-state index contributed by atoms with van der Waals surface area (Å²) < 4.78 is 4.64. The van der Waals surface area contributed by atoms with Gasteiger partial charge in [0.15, 0.2) is 0 Å². The van der Waals surface area contributed by atoms with Gasteiger partial charge in [0.05, 0.1) is 35.8 Å². The molecule has 0 saturated carbocycles. The first-order valence-corrected chi connectivity index (χ1v) is 15.5. The summed E-state index contributed by atoms with van der Waals surface area (Å²) in [6.07, 6.45) is 8.02. The number of amides is 3. The van der Waals surface area contributed by atoms with E-state index in [-0.39, 0.29) is 35.6 Å². The van der Waals surface area contributed by atoms with Crippen LogP contribution in [0.3, 0.4) is 0 Å². The second kappa shape index (κ2) is 11.3. The van der Waals surface area contributed by atoms with Crippen LogP contribution in [0.15, 0.2) is 78.9 Å². The molecule has 2 saturated heterocycles. The van der Waals surface area contributed by atoms with Crippen molar-refractivity contribution in [2.45, 2.75) is 48.9 Å². The van der Waals surface area contributed by atoms with Gasteiger partial charge in [0.2, 0.25) is 17.7 Å². The Hall–Kier alpha value is -3.56. The van der Waals surface area contributed by atoms with Gasteiger partial charge in [-0.1, -0.05) is 54.6 Å². The number of aliphatic hydroxyl groups is 1. The highest BCUT2D eigenvalue weighted by molar-refractivity contribution is 8.02. The average molecular weight is 588 g/mol. The predicted molar refractivity (Wildman–Crippen MR) is 163 cm³/mol. The zero-order valence-electron chi connectivity index (χ0n) is 24.1. The average Bonchev–Trinajstić information content (AvgIpc) is 3.30. The summed E-state index contributed by atoms with van der Waals surface area (Å²) in [4.78, 5) is 48.7. The van der Waals surface area contributed by atoms with Crippen molar-refractivity contribution in [2.75, 3.05) is 31.2 Å². The van der Waals surface area contributed by atoms with Crippen LogP contribution in [-0.4, -0.2) is 81.0 Å². The molecule has 4 aliphatic heterocycles. The van der Waals surface area contributed by atoms with E-state index in [9.17, 15) is 19.5 Å². The van der Waals surface area contributed by atoms with Gasteiger partial charge >= 0.3 is 0 Å². The van der Waals surface area contributed by atoms with E-state index in [1.165, 1.54) is 0 Å². The lowest BCUT2D eigenvalue weighted by Gasteiger charge is -2.39. The van der Waals surface area contributed by atoms with Crippen molar-refractivity contribution in [3.05, 3.63) is 84.5 Å². The Balaban J connectivity index is 1.45. The fourth-order valence-electron chi connectivity index (χ4n) is 7.04. The molecule has 2 aromatic rings. The summed E-state index contributed by atoms with van der Waals surface area (Å²) in [5, 5.41) is 10.4.